The van der Waals surface area contributed by atoms with Crippen LogP contribution in [0, 0.1) is 5.92 Å². The molecule has 0 saturated carbocycles. The standard InChI is InChI=1S/C24H29N3O2/c1-17-14-25-12-11-21(17)27(2)23(28)13-19-15-26-20-9-6-10-22(24(19)20)29-16-18-7-4-3-5-8-18/h3-10,15,17,21,25-26H,11-14,16H2,1-2H3. The van der Waals surface area contributed by atoms with Crippen LogP contribution in [0.4, 0.5) is 0 Å². The van der Waals surface area contributed by atoms with Gasteiger partial charge in [0.05, 0.1) is 6.42 Å². The fraction of sp³-hybridized carbons (Fsp3) is 0.375. The summed E-state index contributed by atoms with van der Waals surface area (Å²) in [5, 5.41) is 4.41. The number of piperidine rings is 1. The topological polar surface area (TPSA) is 57.4 Å². The molecule has 2 aromatic carbocycles. The second-order valence-corrected chi connectivity index (χ2v) is 7.99. The molecule has 0 bridgehead atoms. The van der Waals surface area contributed by atoms with Gasteiger partial charge in [-0.25, -0.2) is 0 Å². The number of rotatable bonds is 6. The number of carbonyl (C=O) groups excluding carboxylic acids is 1. The van der Waals surface area contributed by atoms with Crippen molar-refractivity contribution in [3.05, 3.63) is 65.9 Å². The van der Waals surface area contributed by atoms with Gasteiger partial charge in [0, 0.05) is 30.2 Å². The summed E-state index contributed by atoms with van der Waals surface area (Å²) in [5.41, 5.74) is 3.11. The van der Waals surface area contributed by atoms with Crippen molar-refractivity contribution in [1.82, 2.24) is 15.2 Å². The molecule has 5 heteroatoms. The molecule has 2 unspecified atom stereocenters. The fourth-order valence-corrected chi connectivity index (χ4v) is 4.26. The Labute approximate surface area is 172 Å². The molecule has 1 aliphatic heterocycles. The predicted molar refractivity (Wildman–Crippen MR) is 116 cm³/mol. The summed E-state index contributed by atoms with van der Waals surface area (Å²) < 4.78 is 6.13. The van der Waals surface area contributed by atoms with E-state index >= 15 is 0 Å². The number of carbonyl (C=O) groups is 1. The minimum Gasteiger partial charge on any atom is -0.488 e. The first-order valence-electron chi connectivity index (χ1n) is 10.4. The third-order valence-electron chi connectivity index (χ3n) is 5.96. The van der Waals surface area contributed by atoms with Gasteiger partial charge in [-0.3, -0.25) is 4.79 Å². The number of nitrogens with one attached hydrogen (secondary N) is 2. The van der Waals surface area contributed by atoms with Crippen LogP contribution in [-0.2, 0) is 17.8 Å². The minimum absolute atomic E-state index is 0.155. The molecule has 1 aromatic heterocycles. The lowest BCUT2D eigenvalue weighted by molar-refractivity contribution is -0.132. The highest BCUT2D eigenvalue weighted by Gasteiger charge is 2.28. The van der Waals surface area contributed by atoms with Crippen molar-refractivity contribution < 1.29 is 9.53 Å². The van der Waals surface area contributed by atoms with Crippen LogP contribution >= 0.6 is 0 Å². The molecule has 152 valence electrons. The Morgan fingerprint density at radius 3 is 2.79 bits per heavy atom. The van der Waals surface area contributed by atoms with E-state index < -0.39 is 0 Å². The van der Waals surface area contributed by atoms with E-state index in [9.17, 15) is 4.79 Å². The Morgan fingerprint density at radius 1 is 1.17 bits per heavy atom. The van der Waals surface area contributed by atoms with E-state index in [-0.39, 0.29) is 5.91 Å². The van der Waals surface area contributed by atoms with Crippen molar-refractivity contribution in [3.8, 4) is 5.75 Å². The Balaban J connectivity index is 1.52. The highest BCUT2D eigenvalue weighted by atomic mass is 16.5. The average molecular weight is 392 g/mol. The normalized spacial score (nSPS) is 19.2. The smallest absolute Gasteiger partial charge is 0.227 e. The first-order valence-corrected chi connectivity index (χ1v) is 10.4. The van der Waals surface area contributed by atoms with Crippen LogP contribution in [0.3, 0.4) is 0 Å². The molecule has 2 heterocycles. The minimum atomic E-state index is 0.155. The molecule has 4 rings (SSSR count). The molecule has 1 saturated heterocycles. The van der Waals surface area contributed by atoms with E-state index in [4.69, 9.17) is 4.74 Å². The van der Waals surface area contributed by atoms with Crippen LogP contribution in [0.5, 0.6) is 5.75 Å². The largest absolute Gasteiger partial charge is 0.488 e. The van der Waals surface area contributed by atoms with Crippen molar-refractivity contribution in [3.63, 3.8) is 0 Å². The predicted octanol–water partition coefficient (Wildman–Crippen LogP) is 3.75. The maximum atomic E-state index is 13.0. The number of likely N-dealkylation sites (N-methyl/N-ethyl adjacent to an activating group) is 1. The van der Waals surface area contributed by atoms with Gasteiger partial charge in [-0.15, -0.1) is 0 Å². The van der Waals surface area contributed by atoms with Gasteiger partial charge >= 0.3 is 0 Å². The number of hydrogen-bond donors (Lipinski definition) is 2. The second kappa shape index (κ2) is 8.70. The van der Waals surface area contributed by atoms with Crippen LogP contribution in [0.1, 0.15) is 24.5 Å². The zero-order chi connectivity index (χ0) is 20.2. The van der Waals surface area contributed by atoms with Gasteiger partial charge in [0.2, 0.25) is 5.91 Å². The average Bonchev–Trinajstić information content (AvgIpc) is 3.16. The number of aromatic nitrogens is 1. The summed E-state index contributed by atoms with van der Waals surface area (Å²) >= 11 is 0. The third-order valence-corrected chi connectivity index (χ3v) is 5.96. The van der Waals surface area contributed by atoms with Crippen LogP contribution < -0.4 is 10.1 Å². The van der Waals surface area contributed by atoms with Crippen molar-refractivity contribution in [1.29, 1.82) is 0 Å². The molecule has 2 atom stereocenters. The molecule has 2 N–H and O–H groups in total. The van der Waals surface area contributed by atoms with Crippen LogP contribution in [0.15, 0.2) is 54.7 Å². The third kappa shape index (κ3) is 4.30. The lowest BCUT2D eigenvalue weighted by Gasteiger charge is -2.36. The van der Waals surface area contributed by atoms with E-state index in [1.807, 2.05) is 54.5 Å². The number of amides is 1. The number of aromatic amines is 1. The van der Waals surface area contributed by atoms with Gasteiger partial charge in [-0.2, -0.15) is 0 Å². The molecular formula is C24H29N3O2. The van der Waals surface area contributed by atoms with Gasteiger partial charge < -0.3 is 19.9 Å². The molecular weight excluding hydrogens is 362 g/mol. The lowest BCUT2D eigenvalue weighted by atomic mass is 9.93. The molecule has 3 aromatic rings. The van der Waals surface area contributed by atoms with Crippen molar-refractivity contribution in [2.24, 2.45) is 5.92 Å². The summed E-state index contributed by atoms with van der Waals surface area (Å²) in [5.74, 6) is 1.43. The Morgan fingerprint density at radius 2 is 2.00 bits per heavy atom. The van der Waals surface area contributed by atoms with Crippen LogP contribution in [0.2, 0.25) is 0 Å². The first kappa shape index (κ1) is 19.5. The van der Waals surface area contributed by atoms with Crippen molar-refractivity contribution in [2.45, 2.75) is 32.4 Å². The van der Waals surface area contributed by atoms with Crippen LogP contribution in [0.25, 0.3) is 10.9 Å². The van der Waals surface area contributed by atoms with Gasteiger partial charge in [-0.1, -0.05) is 43.3 Å². The van der Waals surface area contributed by atoms with E-state index in [1.54, 1.807) is 0 Å². The van der Waals surface area contributed by atoms with Gasteiger partial charge in [-0.05, 0) is 48.7 Å². The number of hydrogen-bond acceptors (Lipinski definition) is 3. The monoisotopic (exact) mass is 391 g/mol. The SMILES string of the molecule is CC1CNCCC1N(C)C(=O)Cc1c[nH]c2cccc(OCc3ccccc3)c12. The highest BCUT2D eigenvalue weighted by Crippen LogP contribution is 2.30. The number of ether oxygens (including phenoxy) is 1. The maximum Gasteiger partial charge on any atom is 0.227 e. The molecule has 1 aliphatic rings. The first-order chi connectivity index (χ1) is 14.1. The number of H-pyrrole nitrogens is 1. The fourth-order valence-electron chi connectivity index (χ4n) is 4.26. The molecule has 5 nitrogen and oxygen atoms in total. The molecule has 0 radical (unpaired) electrons. The summed E-state index contributed by atoms with van der Waals surface area (Å²) in [6, 6.07) is 16.4. The van der Waals surface area contributed by atoms with E-state index in [0.717, 1.165) is 47.3 Å². The number of fused-ring (bicyclic) bond motifs is 1. The molecule has 29 heavy (non-hydrogen) atoms. The quantitative estimate of drug-likeness (QED) is 0.673. The van der Waals surface area contributed by atoms with Crippen molar-refractivity contribution in [2.75, 3.05) is 20.1 Å². The lowest BCUT2D eigenvalue weighted by Crippen LogP contribution is -2.49. The van der Waals surface area contributed by atoms with Crippen molar-refractivity contribution >= 4 is 16.8 Å². The Bertz CT molecular complexity index is 967. The van der Waals surface area contributed by atoms with E-state index in [2.05, 4.69) is 29.4 Å². The van der Waals surface area contributed by atoms with Gasteiger partial charge in [0.15, 0.2) is 0 Å². The zero-order valence-electron chi connectivity index (χ0n) is 17.2. The molecule has 1 amide bonds. The van der Waals surface area contributed by atoms with E-state index in [1.165, 1.54) is 0 Å². The zero-order valence-corrected chi connectivity index (χ0v) is 17.2. The molecule has 1 fully saturated rings. The van der Waals surface area contributed by atoms with Gasteiger partial charge in [0.25, 0.3) is 0 Å². The Hall–Kier alpha value is -2.79. The molecule has 0 spiro atoms. The highest BCUT2D eigenvalue weighted by molar-refractivity contribution is 5.93. The van der Waals surface area contributed by atoms with E-state index in [0.29, 0.717) is 25.0 Å². The second-order valence-electron chi connectivity index (χ2n) is 7.99. The maximum absolute atomic E-state index is 13.0. The summed E-state index contributed by atoms with van der Waals surface area (Å²) in [6.45, 7) is 4.65. The Kier molecular flexibility index (Phi) is 5.86. The number of nitrogens with zero attached hydrogens (tertiary/aromatic N) is 1. The summed E-state index contributed by atoms with van der Waals surface area (Å²) in [6.07, 6.45) is 3.32. The van der Waals surface area contributed by atoms with Crippen LogP contribution in [-0.4, -0.2) is 42.0 Å². The number of benzene rings is 2. The summed E-state index contributed by atoms with van der Waals surface area (Å²) in [7, 11) is 1.94. The van der Waals surface area contributed by atoms with Gasteiger partial charge in [0.1, 0.15) is 12.4 Å². The molecule has 0 aliphatic carbocycles. The summed E-state index contributed by atoms with van der Waals surface area (Å²) in [4.78, 5) is 18.3.